The molecule has 0 bridgehead atoms. The number of hydrogen-bond acceptors (Lipinski definition) is 3. The highest BCUT2D eigenvalue weighted by Gasteiger charge is 2.27. The van der Waals surface area contributed by atoms with Crippen molar-refractivity contribution in [2.24, 2.45) is 5.92 Å². The number of hydrogen-bond donors (Lipinski definition) is 3. The molecular weight excluding hydrogens is 140 g/mol. The normalized spacial score (nSPS) is 37.9. The maximum Gasteiger partial charge on any atom is 0.0546 e. The molecule has 2 fully saturated rings. The van der Waals surface area contributed by atoms with Crippen LogP contribution in [0.15, 0.2) is 0 Å². The molecule has 1 saturated carbocycles. The molecule has 0 atom stereocenters. The lowest BCUT2D eigenvalue weighted by molar-refractivity contribution is 0.0410. The van der Waals surface area contributed by atoms with Crippen LogP contribution in [-0.2, 0) is 0 Å². The van der Waals surface area contributed by atoms with Crippen molar-refractivity contribution in [2.45, 2.75) is 25.0 Å². The van der Waals surface area contributed by atoms with E-state index in [-0.39, 0.29) is 6.10 Å². The zero-order valence-electron chi connectivity index (χ0n) is 6.71. The van der Waals surface area contributed by atoms with Crippen LogP contribution in [0.1, 0.15) is 12.8 Å². The Morgan fingerprint density at radius 2 is 2.09 bits per heavy atom. The zero-order valence-corrected chi connectivity index (χ0v) is 6.71. The Hall–Kier alpha value is -0.120. The monoisotopic (exact) mass is 156 g/mol. The molecule has 3 heteroatoms. The minimum absolute atomic E-state index is 0.00122. The summed E-state index contributed by atoms with van der Waals surface area (Å²) < 4.78 is 0. The number of nitrogens with one attached hydrogen (secondary N) is 2. The smallest absolute Gasteiger partial charge is 0.0546 e. The zero-order chi connectivity index (χ0) is 7.68. The Morgan fingerprint density at radius 3 is 2.55 bits per heavy atom. The molecular formula is C8H16N2O. The first-order chi connectivity index (χ1) is 5.34. The van der Waals surface area contributed by atoms with Gasteiger partial charge in [-0.1, -0.05) is 0 Å². The largest absolute Gasteiger partial charge is 0.393 e. The molecule has 0 aromatic carbocycles. The van der Waals surface area contributed by atoms with Gasteiger partial charge < -0.3 is 15.7 Å². The lowest BCUT2D eigenvalue weighted by Gasteiger charge is -2.35. The lowest BCUT2D eigenvalue weighted by Crippen LogP contribution is -2.56. The van der Waals surface area contributed by atoms with E-state index in [4.69, 9.17) is 5.11 Å². The fourth-order valence-electron chi connectivity index (χ4n) is 1.63. The van der Waals surface area contributed by atoms with Crippen molar-refractivity contribution >= 4 is 0 Å². The molecule has 0 amide bonds. The summed E-state index contributed by atoms with van der Waals surface area (Å²) in [6.45, 7) is 3.34. The van der Waals surface area contributed by atoms with Gasteiger partial charge in [-0.3, -0.25) is 0 Å². The molecule has 0 aromatic heterocycles. The van der Waals surface area contributed by atoms with Gasteiger partial charge in [0.1, 0.15) is 0 Å². The Morgan fingerprint density at radius 1 is 1.36 bits per heavy atom. The molecule has 2 aliphatic rings. The summed E-state index contributed by atoms with van der Waals surface area (Å²) in [5.41, 5.74) is 0. The third kappa shape index (κ3) is 1.72. The summed E-state index contributed by atoms with van der Waals surface area (Å²) in [6.07, 6.45) is 2.02. The molecule has 3 nitrogen and oxygen atoms in total. The van der Waals surface area contributed by atoms with E-state index in [2.05, 4.69) is 10.6 Å². The van der Waals surface area contributed by atoms with Gasteiger partial charge in [0.25, 0.3) is 0 Å². The lowest BCUT2D eigenvalue weighted by atomic mass is 9.82. The van der Waals surface area contributed by atoms with Gasteiger partial charge in [-0.15, -0.1) is 0 Å². The molecule has 0 unspecified atom stereocenters. The summed E-state index contributed by atoms with van der Waals surface area (Å²) in [5.74, 6) is 0.741. The van der Waals surface area contributed by atoms with Crippen molar-refractivity contribution in [2.75, 3.05) is 19.6 Å². The van der Waals surface area contributed by atoms with Gasteiger partial charge in [-0.25, -0.2) is 0 Å². The Bertz CT molecular complexity index is 130. The average Bonchev–Trinajstić information content (AvgIpc) is 1.80. The van der Waals surface area contributed by atoms with Crippen molar-refractivity contribution in [3.63, 3.8) is 0 Å². The van der Waals surface area contributed by atoms with E-state index >= 15 is 0 Å². The fraction of sp³-hybridized carbons (Fsp3) is 1.00. The molecule has 0 spiro atoms. The van der Waals surface area contributed by atoms with Gasteiger partial charge in [0.15, 0.2) is 0 Å². The van der Waals surface area contributed by atoms with Gasteiger partial charge in [0, 0.05) is 19.1 Å². The van der Waals surface area contributed by atoms with E-state index in [0.717, 1.165) is 38.4 Å². The molecule has 1 aliphatic heterocycles. The summed E-state index contributed by atoms with van der Waals surface area (Å²) >= 11 is 0. The van der Waals surface area contributed by atoms with Crippen LogP contribution in [0.3, 0.4) is 0 Å². The van der Waals surface area contributed by atoms with Crippen LogP contribution in [0.25, 0.3) is 0 Å². The van der Waals surface area contributed by atoms with E-state index in [1.165, 1.54) is 0 Å². The quantitative estimate of drug-likeness (QED) is 0.507. The SMILES string of the molecule is OC1CC(CNC2CNC2)C1. The standard InChI is InChI=1S/C8H16N2O/c11-8-1-6(2-8)3-10-7-4-9-5-7/h6-11H,1-5H2. The molecule has 0 aromatic rings. The third-order valence-corrected chi connectivity index (χ3v) is 2.69. The summed E-state index contributed by atoms with van der Waals surface area (Å²) in [6, 6.07) is 0.702. The first-order valence-corrected chi connectivity index (χ1v) is 4.47. The van der Waals surface area contributed by atoms with Crippen molar-refractivity contribution in [1.29, 1.82) is 0 Å². The second-order valence-electron chi connectivity index (χ2n) is 3.75. The molecule has 3 N–H and O–H groups in total. The second-order valence-corrected chi connectivity index (χ2v) is 3.75. The predicted octanol–water partition coefficient (Wildman–Crippen LogP) is -0.681. The summed E-state index contributed by atoms with van der Waals surface area (Å²) in [4.78, 5) is 0. The minimum Gasteiger partial charge on any atom is -0.393 e. The molecule has 11 heavy (non-hydrogen) atoms. The van der Waals surface area contributed by atoms with Gasteiger partial charge in [0.2, 0.25) is 0 Å². The van der Waals surface area contributed by atoms with Crippen LogP contribution in [0.4, 0.5) is 0 Å². The highest BCUT2D eigenvalue weighted by atomic mass is 16.3. The highest BCUT2D eigenvalue weighted by Crippen LogP contribution is 2.26. The average molecular weight is 156 g/mol. The van der Waals surface area contributed by atoms with Gasteiger partial charge in [-0.05, 0) is 25.3 Å². The van der Waals surface area contributed by atoms with Gasteiger partial charge in [0.05, 0.1) is 6.10 Å². The molecule has 64 valence electrons. The number of aliphatic hydroxyl groups excluding tert-OH is 1. The van der Waals surface area contributed by atoms with E-state index in [1.807, 2.05) is 0 Å². The predicted molar refractivity (Wildman–Crippen MR) is 43.4 cm³/mol. The highest BCUT2D eigenvalue weighted by molar-refractivity contribution is 4.85. The molecule has 1 aliphatic carbocycles. The fourth-order valence-corrected chi connectivity index (χ4v) is 1.63. The van der Waals surface area contributed by atoms with Crippen LogP contribution >= 0.6 is 0 Å². The van der Waals surface area contributed by atoms with Gasteiger partial charge in [-0.2, -0.15) is 0 Å². The topological polar surface area (TPSA) is 44.3 Å². The molecule has 0 radical (unpaired) electrons. The number of rotatable bonds is 3. The van der Waals surface area contributed by atoms with E-state index in [0.29, 0.717) is 6.04 Å². The van der Waals surface area contributed by atoms with Crippen LogP contribution in [0, 0.1) is 5.92 Å². The molecule has 1 saturated heterocycles. The summed E-state index contributed by atoms with van der Waals surface area (Å²) in [5, 5.41) is 15.7. The van der Waals surface area contributed by atoms with E-state index in [9.17, 15) is 0 Å². The van der Waals surface area contributed by atoms with Crippen molar-refractivity contribution in [3.8, 4) is 0 Å². The number of aliphatic hydroxyl groups is 1. The first kappa shape index (κ1) is 7.53. The van der Waals surface area contributed by atoms with Crippen LogP contribution in [0.2, 0.25) is 0 Å². The minimum atomic E-state index is 0.00122. The second kappa shape index (κ2) is 3.09. The Kier molecular flexibility index (Phi) is 2.11. The Balaban J connectivity index is 1.53. The van der Waals surface area contributed by atoms with Crippen molar-refractivity contribution in [1.82, 2.24) is 10.6 Å². The van der Waals surface area contributed by atoms with Crippen LogP contribution in [-0.4, -0.2) is 36.9 Å². The van der Waals surface area contributed by atoms with Crippen LogP contribution < -0.4 is 10.6 Å². The maximum atomic E-state index is 9.01. The molecule has 1 heterocycles. The van der Waals surface area contributed by atoms with Crippen LogP contribution in [0.5, 0.6) is 0 Å². The maximum absolute atomic E-state index is 9.01. The third-order valence-electron chi connectivity index (χ3n) is 2.69. The molecule has 2 rings (SSSR count). The summed E-state index contributed by atoms with van der Waals surface area (Å²) in [7, 11) is 0. The van der Waals surface area contributed by atoms with Crippen molar-refractivity contribution in [3.05, 3.63) is 0 Å². The van der Waals surface area contributed by atoms with Gasteiger partial charge >= 0.3 is 0 Å². The first-order valence-electron chi connectivity index (χ1n) is 4.47. The van der Waals surface area contributed by atoms with E-state index in [1.54, 1.807) is 0 Å². The van der Waals surface area contributed by atoms with E-state index < -0.39 is 0 Å². The van der Waals surface area contributed by atoms with Crippen molar-refractivity contribution < 1.29 is 5.11 Å². The Labute approximate surface area is 67.2 Å².